The fraction of sp³-hybridized carbons (Fsp3) is 0.222. The second kappa shape index (κ2) is 7.88. The smallest absolute Gasteiger partial charge is 0.338 e. The van der Waals surface area contributed by atoms with E-state index in [4.69, 9.17) is 17.0 Å². The SMILES string of the molecule is COC(=O)c1cccc(NC(=S)N[C@@H](C)c2ccc(F)cc2)c1C. The molecular formula is C18H19FN2O2S. The van der Waals surface area contributed by atoms with E-state index >= 15 is 0 Å². The standard InChI is InChI=1S/C18H19FN2O2S/c1-11-15(17(22)23-3)5-4-6-16(11)21-18(24)20-12(2)13-7-9-14(19)10-8-13/h4-10,12H,1-3H3,(H2,20,21,24)/t12-/m0/s1. The minimum absolute atomic E-state index is 0.0882. The third kappa shape index (κ3) is 4.29. The number of nitrogens with one attached hydrogen (secondary N) is 2. The van der Waals surface area contributed by atoms with Crippen LogP contribution in [0.3, 0.4) is 0 Å². The Kier molecular flexibility index (Phi) is 5.87. The molecule has 0 radical (unpaired) electrons. The molecule has 0 saturated carbocycles. The monoisotopic (exact) mass is 346 g/mol. The molecule has 6 heteroatoms. The molecule has 0 heterocycles. The topological polar surface area (TPSA) is 50.4 Å². The van der Waals surface area contributed by atoms with Gasteiger partial charge in [0.05, 0.1) is 18.7 Å². The average molecular weight is 346 g/mol. The Morgan fingerprint density at radius 2 is 1.88 bits per heavy atom. The van der Waals surface area contributed by atoms with E-state index in [1.54, 1.807) is 24.3 Å². The number of carbonyl (C=O) groups excluding carboxylic acids is 1. The predicted molar refractivity (Wildman–Crippen MR) is 96.7 cm³/mol. The molecule has 0 amide bonds. The number of hydrogen-bond donors (Lipinski definition) is 2. The van der Waals surface area contributed by atoms with Gasteiger partial charge in [0, 0.05) is 5.69 Å². The number of methoxy groups -OCH3 is 1. The average Bonchev–Trinajstić information content (AvgIpc) is 2.56. The van der Waals surface area contributed by atoms with Crippen LogP contribution in [0.4, 0.5) is 10.1 Å². The maximum absolute atomic E-state index is 13.0. The lowest BCUT2D eigenvalue weighted by Crippen LogP contribution is -2.31. The molecule has 0 unspecified atom stereocenters. The van der Waals surface area contributed by atoms with Crippen LogP contribution in [0.15, 0.2) is 42.5 Å². The number of hydrogen-bond acceptors (Lipinski definition) is 3. The predicted octanol–water partition coefficient (Wildman–Crippen LogP) is 3.97. The van der Waals surface area contributed by atoms with Crippen molar-refractivity contribution in [2.45, 2.75) is 19.9 Å². The van der Waals surface area contributed by atoms with Gasteiger partial charge < -0.3 is 15.4 Å². The minimum Gasteiger partial charge on any atom is -0.465 e. The molecular weight excluding hydrogens is 327 g/mol. The summed E-state index contributed by atoms with van der Waals surface area (Å²) in [5.41, 5.74) is 2.88. The highest BCUT2D eigenvalue weighted by Gasteiger charge is 2.13. The van der Waals surface area contributed by atoms with E-state index in [0.717, 1.165) is 16.8 Å². The van der Waals surface area contributed by atoms with Gasteiger partial charge in [-0.1, -0.05) is 18.2 Å². The number of benzene rings is 2. The van der Waals surface area contributed by atoms with E-state index in [2.05, 4.69) is 10.6 Å². The number of thiocarbonyl (C=S) groups is 1. The van der Waals surface area contributed by atoms with Crippen molar-refractivity contribution in [3.05, 3.63) is 65.0 Å². The second-order valence-corrected chi connectivity index (χ2v) is 5.75. The summed E-state index contributed by atoms with van der Waals surface area (Å²) >= 11 is 5.32. The fourth-order valence-corrected chi connectivity index (χ4v) is 2.58. The van der Waals surface area contributed by atoms with Crippen LogP contribution in [-0.2, 0) is 4.74 Å². The van der Waals surface area contributed by atoms with Crippen LogP contribution in [0.5, 0.6) is 0 Å². The molecule has 0 aliphatic carbocycles. The van der Waals surface area contributed by atoms with Crippen molar-refractivity contribution in [3.63, 3.8) is 0 Å². The summed E-state index contributed by atoms with van der Waals surface area (Å²) in [6, 6.07) is 11.4. The van der Waals surface area contributed by atoms with Crippen LogP contribution in [0.2, 0.25) is 0 Å². The first-order chi connectivity index (χ1) is 11.4. The maximum atomic E-state index is 13.0. The van der Waals surface area contributed by atoms with Crippen molar-refractivity contribution in [3.8, 4) is 0 Å². The lowest BCUT2D eigenvalue weighted by molar-refractivity contribution is 0.0600. The zero-order chi connectivity index (χ0) is 17.7. The summed E-state index contributed by atoms with van der Waals surface area (Å²) in [6.07, 6.45) is 0. The summed E-state index contributed by atoms with van der Waals surface area (Å²) in [7, 11) is 1.35. The molecule has 0 aromatic heterocycles. The molecule has 0 bridgehead atoms. The minimum atomic E-state index is -0.394. The summed E-state index contributed by atoms with van der Waals surface area (Å²) in [4.78, 5) is 11.7. The molecule has 0 aliphatic heterocycles. The highest BCUT2D eigenvalue weighted by molar-refractivity contribution is 7.80. The molecule has 1 atom stereocenters. The molecule has 2 rings (SSSR count). The Hall–Kier alpha value is -2.47. The number of rotatable bonds is 4. The van der Waals surface area contributed by atoms with Gasteiger partial charge in [-0.05, 0) is 61.5 Å². The summed E-state index contributed by atoms with van der Waals surface area (Å²) in [6.45, 7) is 3.75. The van der Waals surface area contributed by atoms with Crippen molar-refractivity contribution >= 4 is 29.0 Å². The molecule has 24 heavy (non-hydrogen) atoms. The van der Waals surface area contributed by atoms with Crippen LogP contribution in [0.25, 0.3) is 0 Å². The van der Waals surface area contributed by atoms with Gasteiger partial charge in [-0.3, -0.25) is 0 Å². The maximum Gasteiger partial charge on any atom is 0.338 e. The first-order valence-corrected chi connectivity index (χ1v) is 7.84. The van der Waals surface area contributed by atoms with E-state index in [9.17, 15) is 9.18 Å². The molecule has 0 saturated heterocycles. The fourth-order valence-electron chi connectivity index (χ4n) is 2.29. The molecule has 2 aromatic rings. The highest BCUT2D eigenvalue weighted by atomic mass is 32.1. The molecule has 0 aliphatic rings. The third-order valence-electron chi connectivity index (χ3n) is 3.70. The first kappa shape index (κ1) is 17.9. The Labute approximate surface area is 146 Å². The van der Waals surface area contributed by atoms with E-state index in [0.29, 0.717) is 10.7 Å². The van der Waals surface area contributed by atoms with Gasteiger partial charge in [0.1, 0.15) is 5.82 Å². The van der Waals surface area contributed by atoms with Crippen molar-refractivity contribution in [1.82, 2.24) is 5.32 Å². The van der Waals surface area contributed by atoms with E-state index in [1.807, 2.05) is 19.9 Å². The second-order valence-electron chi connectivity index (χ2n) is 5.34. The van der Waals surface area contributed by atoms with Crippen LogP contribution in [0.1, 0.15) is 34.5 Å². The van der Waals surface area contributed by atoms with Crippen LogP contribution in [-0.4, -0.2) is 18.2 Å². The van der Waals surface area contributed by atoms with E-state index in [-0.39, 0.29) is 11.9 Å². The quantitative estimate of drug-likeness (QED) is 0.648. The number of halogens is 1. The number of carbonyl (C=O) groups is 1. The van der Waals surface area contributed by atoms with Crippen LogP contribution in [0, 0.1) is 12.7 Å². The van der Waals surface area contributed by atoms with Gasteiger partial charge in [-0.25, -0.2) is 9.18 Å². The van der Waals surface area contributed by atoms with Gasteiger partial charge >= 0.3 is 5.97 Å². The van der Waals surface area contributed by atoms with Gasteiger partial charge in [0.15, 0.2) is 5.11 Å². The molecule has 126 valence electrons. The van der Waals surface area contributed by atoms with Gasteiger partial charge in [0.25, 0.3) is 0 Å². The van der Waals surface area contributed by atoms with Crippen LogP contribution >= 0.6 is 12.2 Å². The van der Waals surface area contributed by atoms with Crippen molar-refractivity contribution in [1.29, 1.82) is 0 Å². The van der Waals surface area contributed by atoms with Gasteiger partial charge in [-0.15, -0.1) is 0 Å². The normalized spacial score (nSPS) is 11.5. The Balaban J connectivity index is 2.07. The van der Waals surface area contributed by atoms with Crippen molar-refractivity contribution in [2.24, 2.45) is 0 Å². The number of esters is 1. The van der Waals surface area contributed by atoms with Gasteiger partial charge in [-0.2, -0.15) is 0 Å². The molecule has 2 aromatic carbocycles. The lowest BCUT2D eigenvalue weighted by Gasteiger charge is -2.19. The van der Waals surface area contributed by atoms with Gasteiger partial charge in [0.2, 0.25) is 0 Å². The summed E-state index contributed by atoms with van der Waals surface area (Å²) in [5, 5.41) is 6.63. The Morgan fingerprint density at radius 3 is 2.50 bits per heavy atom. The molecule has 0 spiro atoms. The summed E-state index contributed by atoms with van der Waals surface area (Å²) < 4.78 is 17.7. The first-order valence-electron chi connectivity index (χ1n) is 7.43. The Morgan fingerprint density at radius 1 is 1.21 bits per heavy atom. The van der Waals surface area contributed by atoms with Crippen molar-refractivity contribution in [2.75, 3.05) is 12.4 Å². The zero-order valence-electron chi connectivity index (χ0n) is 13.7. The number of ether oxygens (including phenoxy) is 1. The lowest BCUT2D eigenvalue weighted by atomic mass is 10.1. The highest BCUT2D eigenvalue weighted by Crippen LogP contribution is 2.20. The number of anilines is 1. The largest absolute Gasteiger partial charge is 0.465 e. The summed E-state index contributed by atoms with van der Waals surface area (Å²) in [5.74, 6) is -0.670. The Bertz CT molecular complexity index is 747. The molecule has 4 nitrogen and oxygen atoms in total. The van der Waals surface area contributed by atoms with Crippen LogP contribution < -0.4 is 10.6 Å². The molecule has 0 fully saturated rings. The third-order valence-corrected chi connectivity index (χ3v) is 3.92. The zero-order valence-corrected chi connectivity index (χ0v) is 14.5. The van der Waals surface area contributed by atoms with E-state index in [1.165, 1.54) is 19.2 Å². The van der Waals surface area contributed by atoms with Crippen molar-refractivity contribution < 1.29 is 13.9 Å². The molecule has 2 N–H and O–H groups in total. The van der Waals surface area contributed by atoms with E-state index < -0.39 is 5.97 Å².